The van der Waals surface area contributed by atoms with Crippen molar-refractivity contribution in [3.05, 3.63) is 243 Å². The highest BCUT2D eigenvalue weighted by Gasteiger charge is 2.24. The molecule has 13 rings (SSSR count). The van der Waals surface area contributed by atoms with Crippen molar-refractivity contribution in [2.75, 3.05) is 4.90 Å². The molecule has 0 radical (unpaired) electrons. The van der Waals surface area contributed by atoms with E-state index in [4.69, 9.17) is 4.42 Å². The van der Waals surface area contributed by atoms with Crippen molar-refractivity contribution >= 4 is 82.4 Å². The van der Waals surface area contributed by atoms with E-state index in [1.54, 1.807) is 0 Å². The number of nitrogens with zero attached hydrogens (tertiary/aromatic N) is 2. The first-order valence-corrected chi connectivity index (χ1v) is 22.2. The number of hydrogen-bond donors (Lipinski definition) is 0. The van der Waals surface area contributed by atoms with Gasteiger partial charge in [0.25, 0.3) is 0 Å². The first kappa shape index (κ1) is 36.9. The second-order valence-corrected chi connectivity index (χ2v) is 16.9. The Kier molecular flexibility index (Phi) is 8.53. The zero-order chi connectivity index (χ0) is 42.8. The van der Waals surface area contributed by atoms with E-state index in [1.807, 2.05) is 6.07 Å². The van der Waals surface area contributed by atoms with Crippen LogP contribution in [0.5, 0.6) is 0 Å². The van der Waals surface area contributed by atoms with Crippen LogP contribution in [-0.4, -0.2) is 4.57 Å². The largest absolute Gasteiger partial charge is 0.455 e. The lowest BCUT2D eigenvalue weighted by atomic mass is 9.96. The minimum Gasteiger partial charge on any atom is -0.455 e. The Morgan fingerprint density at radius 3 is 1.69 bits per heavy atom. The average Bonchev–Trinajstić information content (AvgIpc) is 3.92. The molecule has 304 valence electrons. The Balaban J connectivity index is 1.06. The molecular formula is C62H40N2O. The standard InChI is InChI=1S/C62H40N2O/c1-3-14-41(15-4-1)42-28-33-48(34-29-42)63(49-35-30-43(31-36-49)45-32-37-51-46(38-45)27-26-44-16-7-8-19-50(44)51)59-40-60-56(52-20-9-11-24-58(52)64(60)47-17-5-2-6-18-47)39-57(59)55-23-13-22-54-53-21-10-12-25-61(53)65-62(54)55/h1-40H. The summed E-state index contributed by atoms with van der Waals surface area (Å²) in [5.74, 6) is 0. The van der Waals surface area contributed by atoms with Gasteiger partial charge in [-0.1, -0.05) is 176 Å². The molecule has 3 nitrogen and oxygen atoms in total. The maximum atomic E-state index is 6.82. The highest BCUT2D eigenvalue weighted by molar-refractivity contribution is 6.16. The van der Waals surface area contributed by atoms with E-state index in [2.05, 4.69) is 246 Å². The molecule has 0 N–H and O–H groups in total. The fraction of sp³-hybridized carbons (Fsp3) is 0. The first-order chi connectivity index (χ1) is 32.2. The van der Waals surface area contributed by atoms with Gasteiger partial charge < -0.3 is 13.9 Å². The maximum Gasteiger partial charge on any atom is 0.143 e. The summed E-state index contributed by atoms with van der Waals surface area (Å²) in [5, 5.41) is 9.62. The van der Waals surface area contributed by atoms with Crippen LogP contribution in [0.15, 0.2) is 247 Å². The topological polar surface area (TPSA) is 21.3 Å². The van der Waals surface area contributed by atoms with Gasteiger partial charge in [0.15, 0.2) is 0 Å². The number of anilines is 3. The molecule has 13 aromatic rings. The van der Waals surface area contributed by atoms with Gasteiger partial charge in [0.1, 0.15) is 11.2 Å². The molecule has 0 aliphatic carbocycles. The number of hydrogen-bond acceptors (Lipinski definition) is 2. The molecule has 0 fully saturated rings. The monoisotopic (exact) mass is 828 g/mol. The molecule has 2 aromatic heterocycles. The van der Waals surface area contributed by atoms with Crippen LogP contribution >= 0.6 is 0 Å². The molecule has 65 heavy (non-hydrogen) atoms. The normalized spacial score (nSPS) is 11.7. The van der Waals surface area contributed by atoms with Crippen LogP contribution in [0.3, 0.4) is 0 Å². The van der Waals surface area contributed by atoms with Gasteiger partial charge in [-0.05, 0) is 111 Å². The van der Waals surface area contributed by atoms with Crippen molar-refractivity contribution in [1.82, 2.24) is 4.57 Å². The molecule has 0 bridgehead atoms. The molecule has 0 aliphatic heterocycles. The van der Waals surface area contributed by atoms with Crippen LogP contribution in [0, 0.1) is 0 Å². The van der Waals surface area contributed by atoms with E-state index in [0.29, 0.717) is 0 Å². The lowest BCUT2D eigenvalue weighted by Crippen LogP contribution is -2.11. The van der Waals surface area contributed by atoms with E-state index < -0.39 is 0 Å². The van der Waals surface area contributed by atoms with E-state index in [9.17, 15) is 0 Å². The second-order valence-electron chi connectivity index (χ2n) is 16.9. The highest BCUT2D eigenvalue weighted by atomic mass is 16.3. The molecule has 0 saturated heterocycles. The quantitative estimate of drug-likeness (QED) is 0.149. The predicted molar refractivity (Wildman–Crippen MR) is 274 cm³/mol. The molecular weight excluding hydrogens is 789 g/mol. The lowest BCUT2D eigenvalue weighted by molar-refractivity contribution is 0.670. The van der Waals surface area contributed by atoms with Gasteiger partial charge in [0.05, 0.1) is 16.7 Å². The van der Waals surface area contributed by atoms with Gasteiger partial charge in [-0.3, -0.25) is 0 Å². The fourth-order valence-corrected chi connectivity index (χ4v) is 10.1. The molecule has 2 heterocycles. The summed E-state index contributed by atoms with van der Waals surface area (Å²) in [7, 11) is 0. The Morgan fingerprint density at radius 2 is 0.908 bits per heavy atom. The molecule has 0 aliphatic rings. The predicted octanol–water partition coefficient (Wildman–Crippen LogP) is 17.5. The summed E-state index contributed by atoms with van der Waals surface area (Å²) < 4.78 is 9.22. The SMILES string of the molecule is c1ccc(-c2ccc(N(c3ccc(-c4ccc5c(ccc6ccccc65)c4)cc3)c3cc4c(cc3-c3cccc5c3oc3ccccc35)c3ccccc3n4-c3ccccc3)cc2)cc1. The molecule has 0 unspecified atom stereocenters. The van der Waals surface area contributed by atoms with Crippen molar-refractivity contribution in [2.24, 2.45) is 0 Å². The third kappa shape index (κ3) is 6.12. The third-order valence-corrected chi connectivity index (χ3v) is 13.2. The summed E-state index contributed by atoms with van der Waals surface area (Å²) >= 11 is 0. The van der Waals surface area contributed by atoms with Gasteiger partial charge >= 0.3 is 0 Å². The van der Waals surface area contributed by atoms with Crippen LogP contribution in [0.4, 0.5) is 17.1 Å². The molecule has 3 heteroatoms. The summed E-state index contributed by atoms with van der Waals surface area (Å²) in [6.07, 6.45) is 0. The lowest BCUT2D eigenvalue weighted by Gasteiger charge is -2.29. The Morgan fingerprint density at radius 1 is 0.323 bits per heavy atom. The number of rotatable bonds is 7. The van der Waals surface area contributed by atoms with Crippen LogP contribution in [0.2, 0.25) is 0 Å². The van der Waals surface area contributed by atoms with Gasteiger partial charge in [0, 0.05) is 49.7 Å². The third-order valence-electron chi connectivity index (χ3n) is 13.2. The van der Waals surface area contributed by atoms with E-state index in [1.165, 1.54) is 49.0 Å². The van der Waals surface area contributed by atoms with Crippen molar-refractivity contribution in [3.63, 3.8) is 0 Å². The highest BCUT2D eigenvalue weighted by Crippen LogP contribution is 2.48. The van der Waals surface area contributed by atoms with E-state index in [-0.39, 0.29) is 0 Å². The van der Waals surface area contributed by atoms with Gasteiger partial charge in [-0.25, -0.2) is 0 Å². The minimum absolute atomic E-state index is 0.875. The Labute approximate surface area is 376 Å². The van der Waals surface area contributed by atoms with Crippen LogP contribution in [-0.2, 0) is 0 Å². The number of benzene rings is 11. The minimum atomic E-state index is 0.875. The summed E-state index contributed by atoms with van der Waals surface area (Å²) in [6, 6.07) is 87.8. The van der Waals surface area contributed by atoms with Crippen molar-refractivity contribution in [3.8, 4) is 39.1 Å². The van der Waals surface area contributed by atoms with E-state index in [0.717, 1.165) is 72.4 Å². The second kappa shape index (κ2) is 15.0. The fourth-order valence-electron chi connectivity index (χ4n) is 10.1. The molecule has 11 aromatic carbocycles. The maximum absolute atomic E-state index is 6.82. The number of para-hydroxylation sites is 4. The number of fused-ring (bicyclic) bond motifs is 9. The zero-order valence-electron chi connectivity index (χ0n) is 35.4. The van der Waals surface area contributed by atoms with Crippen LogP contribution in [0.25, 0.3) is 104 Å². The summed E-state index contributed by atoms with van der Waals surface area (Å²) in [4.78, 5) is 2.42. The zero-order valence-corrected chi connectivity index (χ0v) is 35.4. The smallest absolute Gasteiger partial charge is 0.143 e. The van der Waals surface area contributed by atoms with Crippen molar-refractivity contribution < 1.29 is 4.42 Å². The average molecular weight is 829 g/mol. The first-order valence-electron chi connectivity index (χ1n) is 22.2. The van der Waals surface area contributed by atoms with Gasteiger partial charge in [0.2, 0.25) is 0 Å². The number of aromatic nitrogens is 1. The Hall–Kier alpha value is -8.66. The molecule has 0 atom stereocenters. The molecule has 0 amide bonds. The molecule has 0 spiro atoms. The van der Waals surface area contributed by atoms with Crippen LogP contribution < -0.4 is 4.90 Å². The summed E-state index contributed by atoms with van der Waals surface area (Å²) in [5.41, 5.74) is 15.1. The summed E-state index contributed by atoms with van der Waals surface area (Å²) in [6.45, 7) is 0. The number of furan rings is 1. The Bertz CT molecular complexity index is 3920. The van der Waals surface area contributed by atoms with Crippen molar-refractivity contribution in [1.29, 1.82) is 0 Å². The van der Waals surface area contributed by atoms with Gasteiger partial charge in [-0.2, -0.15) is 0 Å². The van der Waals surface area contributed by atoms with Crippen LogP contribution in [0.1, 0.15) is 0 Å². The van der Waals surface area contributed by atoms with E-state index >= 15 is 0 Å². The van der Waals surface area contributed by atoms with Gasteiger partial charge in [-0.15, -0.1) is 0 Å². The molecule has 0 saturated carbocycles. The van der Waals surface area contributed by atoms with Crippen molar-refractivity contribution in [2.45, 2.75) is 0 Å².